The molecule has 0 radical (unpaired) electrons. The fourth-order valence-electron chi connectivity index (χ4n) is 2.64. The second-order valence-electron chi connectivity index (χ2n) is 5.95. The van der Waals surface area contributed by atoms with Gasteiger partial charge in [0.1, 0.15) is 5.75 Å². The van der Waals surface area contributed by atoms with E-state index in [1.165, 1.54) is 0 Å². The molecule has 0 bridgehead atoms. The third kappa shape index (κ3) is 3.61. The Morgan fingerprint density at radius 3 is 2.72 bits per heavy atom. The van der Waals surface area contributed by atoms with Crippen LogP contribution in [-0.4, -0.2) is 36.8 Å². The van der Waals surface area contributed by atoms with E-state index in [2.05, 4.69) is 15.3 Å². The van der Waals surface area contributed by atoms with E-state index in [9.17, 15) is 10.2 Å². The van der Waals surface area contributed by atoms with Gasteiger partial charge in [-0.05, 0) is 24.6 Å². The molecule has 0 aliphatic heterocycles. The summed E-state index contributed by atoms with van der Waals surface area (Å²) in [5.41, 5.74) is 8.64. The van der Waals surface area contributed by atoms with Gasteiger partial charge in [0.2, 0.25) is 0 Å². The highest BCUT2D eigenvalue weighted by molar-refractivity contribution is 5.78. The molecule has 2 aromatic heterocycles. The van der Waals surface area contributed by atoms with Crippen molar-refractivity contribution in [3.05, 3.63) is 42.7 Å². The molecular weight excluding hydrogens is 318 g/mol. The molecular formula is C18H21N5O2. The summed E-state index contributed by atoms with van der Waals surface area (Å²) in [7, 11) is 0. The zero-order chi connectivity index (χ0) is 17.8. The van der Waals surface area contributed by atoms with Crippen LogP contribution < -0.4 is 5.73 Å². The number of nitrogen functional groups attached to an aromatic ring is 1. The van der Waals surface area contributed by atoms with Gasteiger partial charge < -0.3 is 15.9 Å². The van der Waals surface area contributed by atoms with Crippen molar-refractivity contribution in [3.63, 3.8) is 0 Å². The minimum Gasteiger partial charge on any atom is -0.507 e. The highest BCUT2D eigenvalue weighted by Crippen LogP contribution is 2.31. The molecule has 0 saturated heterocycles. The van der Waals surface area contributed by atoms with E-state index in [0.29, 0.717) is 29.2 Å². The number of para-hydroxylation sites is 1. The summed E-state index contributed by atoms with van der Waals surface area (Å²) in [6, 6.07) is 8.74. The predicted octanol–water partition coefficient (Wildman–Crippen LogP) is 2.31. The molecule has 25 heavy (non-hydrogen) atoms. The molecule has 1 aromatic carbocycles. The molecule has 4 N–H and O–H groups in total. The number of hydrogen-bond donors (Lipinski definition) is 3. The van der Waals surface area contributed by atoms with Gasteiger partial charge in [0.25, 0.3) is 0 Å². The van der Waals surface area contributed by atoms with Gasteiger partial charge >= 0.3 is 0 Å². The van der Waals surface area contributed by atoms with Gasteiger partial charge in [-0.2, -0.15) is 5.10 Å². The second-order valence-corrected chi connectivity index (χ2v) is 5.95. The Morgan fingerprint density at radius 2 is 2.00 bits per heavy atom. The van der Waals surface area contributed by atoms with Gasteiger partial charge in [0, 0.05) is 42.0 Å². The molecule has 1 atom stereocenters. The minimum atomic E-state index is 0.127. The van der Waals surface area contributed by atoms with E-state index in [-0.39, 0.29) is 18.3 Å². The maximum atomic E-state index is 10.0. The number of phenolic OH excluding ortho intramolecular Hbond substituents is 1. The number of nitrogens with zero attached hydrogens (tertiary/aromatic N) is 4. The van der Waals surface area contributed by atoms with E-state index < -0.39 is 0 Å². The topological polar surface area (TPSA) is 110 Å². The zero-order valence-corrected chi connectivity index (χ0v) is 14.0. The average Bonchev–Trinajstić information content (AvgIpc) is 3.09. The van der Waals surface area contributed by atoms with E-state index in [1.807, 2.05) is 19.2 Å². The van der Waals surface area contributed by atoms with Crippen LogP contribution in [0.3, 0.4) is 0 Å². The first-order valence-corrected chi connectivity index (χ1v) is 8.17. The van der Waals surface area contributed by atoms with Crippen LogP contribution in [0.4, 0.5) is 5.82 Å². The lowest BCUT2D eigenvalue weighted by molar-refractivity contribution is 0.203. The van der Waals surface area contributed by atoms with Gasteiger partial charge in [-0.15, -0.1) is 10.2 Å². The van der Waals surface area contributed by atoms with Crippen LogP contribution >= 0.6 is 0 Å². The van der Waals surface area contributed by atoms with Crippen molar-refractivity contribution < 1.29 is 10.2 Å². The summed E-state index contributed by atoms with van der Waals surface area (Å²) in [4.78, 5) is 0. The maximum Gasteiger partial charge on any atom is 0.154 e. The van der Waals surface area contributed by atoms with E-state index >= 15 is 0 Å². The van der Waals surface area contributed by atoms with Gasteiger partial charge in [0.05, 0.1) is 11.9 Å². The Bertz CT molecular complexity index is 858. The lowest BCUT2D eigenvalue weighted by atomic mass is 10.1. The van der Waals surface area contributed by atoms with E-state index in [4.69, 9.17) is 5.73 Å². The first-order valence-electron chi connectivity index (χ1n) is 8.17. The number of anilines is 1. The van der Waals surface area contributed by atoms with Crippen LogP contribution in [0.1, 0.15) is 13.3 Å². The van der Waals surface area contributed by atoms with Crippen LogP contribution in [0.15, 0.2) is 42.7 Å². The molecule has 0 amide bonds. The quantitative estimate of drug-likeness (QED) is 0.636. The number of aromatic nitrogens is 4. The number of aliphatic hydroxyl groups is 1. The Balaban J connectivity index is 1.94. The number of hydrogen-bond acceptors (Lipinski definition) is 6. The van der Waals surface area contributed by atoms with Gasteiger partial charge in [-0.3, -0.25) is 4.68 Å². The number of nitrogens with two attached hydrogens (primary N) is 1. The summed E-state index contributed by atoms with van der Waals surface area (Å²) >= 11 is 0. The summed E-state index contributed by atoms with van der Waals surface area (Å²) in [5.74, 6) is 0.599. The summed E-state index contributed by atoms with van der Waals surface area (Å²) in [6.07, 6.45) is 4.47. The van der Waals surface area contributed by atoms with Gasteiger partial charge in [-0.1, -0.05) is 19.1 Å². The van der Waals surface area contributed by atoms with Crippen LogP contribution in [0, 0.1) is 5.92 Å². The van der Waals surface area contributed by atoms with Crippen LogP contribution in [-0.2, 0) is 6.54 Å². The van der Waals surface area contributed by atoms with Gasteiger partial charge in [-0.25, -0.2) is 0 Å². The fourth-order valence-corrected chi connectivity index (χ4v) is 2.64. The molecule has 0 spiro atoms. The van der Waals surface area contributed by atoms with Crippen molar-refractivity contribution in [1.29, 1.82) is 0 Å². The SMILES string of the molecule is CCC(CO)Cn1cc(-c2cc(-c3ccccc3O)nnc2N)cn1. The normalized spacial score (nSPS) is 12.2. The molecule has 0 saturated carbocycles. The maximum absolute atomic E-state index is 10.0. The monoisotopic (exact) mass is 339 g/mol. The number of phenols is 1. The van der Waals surface area contributed by atoms with Crippen molar-refractivity contribution >= 4 is 5.82 Å². The molecule has 7 heteroatoms. The predicted molar refractivity (Wildman–Crippen MR) is 95.6 cm³/mol. The largest absolute Gasteiger partial charge is 0.507 e. The molecule has 0 aliphatic rings. The van der Waals surface area contributed by atoms with Crippen LogP contribution in [0.25, 0.3) is 22.4 Å². The molecule has 130 valence electrons. The van der Waals surface area contributed by atoms with Gasteiger partial charge in [0.15, 0.2) is 5.82 Å². The molecule has 1 unspecified atom stereocenters. The van der Waals surface area contributed by atoms with Crippen molar-refractivity contribution in [2.75, 3.05) is 12.3 Å². The third-order valence-electron chi connectivity index (χ3n) is 4.23. The van der Waals surface area contributed by atoms with Crippen molar-refractivity contribution in [2.45, 2.75) is 19.9 Å². The standard InChI is InChI=1S/C18H21N5O2/c1-2-12(11-24)9-23-10-13(8-20-23)15-7-16(21-22-18(15)19)14-5-3-4-6-17(14)25/h3-8,10,12,24-25H,2,9,11H2,1H3,(H2,19,22). The zero-order valence-electron chi connectivity index (χ0n) is 14.0. The smallest absolute Gasteiger partial charge is 0.154 e. The van der Waals surface area contributed by atoms with Crippen LogP contribution in [0.2, 0.25) is 0 Å². The lowest BCUT2D eigenvalue weighted by Gasteiger charge is -2.10. The number of aromatic hydroxyl groups is 1. The Kier molecular flexibility index (Phi) is 4.95. The third-order valence-corrected chi connectivity index (χ3v) is 4.23. The first-order chi connectivity index (χ1) is 12.1. The first kappa shape index (κ1) is 16.9. The molecule has 2 heterocycles. The van der Waals surface area contributed by atoms with Crippen molar-refractivity contribution in [3.8, 4) is 28.1 Å². The lowest BCUT2D eigenvalue weighted by Crippen LogP contribution is -2.13. The number of rotatable bonds is 6. The molecule has 3 rings (SSSR count). The van der Waals surface area contributed by atoms with Crippen LogP contribution in [0.5, 0.6) is 5.75 Å². The molecule has 3 aromatic rings. The summed E-state index contributed by atoms with van der Waals surface area (Å²) < 4.78 is 1.79. The fraction of sp³-hybridized carbons (Fsp3) is 0.278. The average molecular weight is 339 g/mol. The second kappa shape index (κ2) is 7.31. The highest BCUT2D eigenvalue weighted by Gasteiger charge is 2.13. The Morgan fingerprint density at radius 1 is 1.20 bits per heavy atom. The van der Waals surface area contributed by atoms with Crippen molar-refractivity contribution in [2.24, 2.45) is 5.92 Å². The minimum absolute atomic E-state index is 0.127. The Labute approximate surface area is 145 Å². The number of aliphatic hydroxyl groups excluding tert-OH is 1. The van der Waals surface area contributed by atoms with Crippen molar-refractivity contribution in [1.82, 2.24) is 20.0 Å². The van der Waals surface area contributed by atoms with E-state index in [1.54, 1.807) is 35.1 Å². The number of benzene rings is 1. The Hall–Kier alpha value is -2.93. The molecule has 0 aliphatic carbocycles. The molecule has 0 fully saturated rings. The molecule has 7 nitrogen and oxygen atoms in total. The highest BCUT2D eigenvalue weighted by atomic mass is 16.3. The summed E-state index contributed by atoms with van der Waals surface area (Å²) in [5, 5.41) is 31.8. The van der Waals surface area contributed by atoms with E-state index in [0.717, 1.165) is 12.0 Å². The summed E-state index contributed by atoms with van der Waals surface area (Å²) in [6.45, 7) is 2.80.